The van der Waals surface area contributed by atoms with Gasteiger partial charge in [0, 0.05) is 40.6 Å². The topological polar surface area (TPSA) is 55.4 Å². The lowest BCUT2D eigenvalue weighted by molar-refractivity contribution is 0.0792. The van der Waals surface area contributed by atoms with E-state index in [9.17, 15) is 0 Å². The second-order valence-electron chi connectivity index (χ2n) is 6.30. The predicted molar refractivity (Wildman–Crippen MR) is 140 cm³/mol. The Morgan fingerprint density at radius 2 is 0.967 bits per heavy atom. The summed E-state index contributed by atoms with van der Waals surface area (Å²) in [6.45, 7) is 15.0. The van der Waals surface area contributed by atoms with Gasteiger partial charge in [-0.2, -0.15) is 0 Å². The molecule has 0 aromatic heterocycles. The van der Waals surface area contributed by atoms with E-state index in [1.165, 1.54) is 0 Å². The van der Waals surface area contributed by atoms with Crippen molar-refractivity contribution < 1.29 is 26.6 Å². The monoisotopic (exact) mass is 538 g/mol. The highest BCUT2D eigenvalue weighted by molar-refractivity contribution is 9.26. The maximum atomic E-state index is 6.16. The first-order valence-corrected chi connectivity index (χ1v) is 19.4. The molecule has 0 amide bonds. The molecule has 30 heavy (non-hydrogen) atoms. The summed E-state index contributed by atoms with van der Waals surface area (Å²) in [7, 11) is 5.04. The summed E-state index contributed by atoms with van der Waals surface area (Å²) < 4.78 is 36.2. The van der Waals surface area contributed by atoms with Crippen molar-refractivity contribution in [3.8, 4) is 0 Å². The van der Waals surface area contributed by atoms with E-state index in [-0.39, 0.29) is 9.75 Å². The maximum absolute atomic E-state index is 6.16. The normalized spacial score (nSPS) is 18.0. The van der Waals surface area contributed by atoms with Gasteiger partial charge in [-0.25, -0.2) is 0 Å². The predicted octanol–water partition coefficient (Wildman–Crippen LogP) is 6.40. The molecule has 0 radical (unpaired) electrons. The van der Waals surface area contributed by atoms with Gasteiger partial charge in [0.05, 0.1) is 9.75 Å². The van der Waals surface area contributed by atoms with Gasteiger partial charge in [0.15, 0.2) is 0 Å². The van der Waals surface area contributed by atoms with Crippen LogP contribution in [0.3, 0.4) is 0 Å². The Bertz CT molecular complexity index is 383. The minimum Gasteiger partial charge on any atom is -0.376 e. The van der Waals surface area contributed by atoms with Crippen molar-refractivity contribution in [2.75, 3.05) is 40.6 Å². The third-order valence-electron chi connectivity index (χ3n) is 4.14. The van der Waals surface area contributed by atoms with Crippen LogP contribution in [0.2, 0.25) is 0 Å². The van der Waals surface area contributed by atoms with Crippen LogP contribution in [-0.4, -0.2) is 68.0 Å². The summed E-state index contributed by atoms with van der Waals surface area (Å²) in [5.41, 5.74) is 0. The average molecular weight is 539 g/mol. The Hall–Kier alpha value is 1.59. The first kappa shape index (κ1) is 31.6. The lowest BCUT2D eigenvalue weighted by Gasteiger charge is -2.34. The first-order chi connectivity index (χ1) is 14.5. The molecular weight excluding hydrogens is 497 g/mol. The molecule has 0 aromatic rings. The molecule has 4 atom stereocenters. The number of hydrogen-bond donors (Lipinski definition) is 0. The SMILES string of the molecule is CCCO[Si](OC)(OCC)C(CC)SSSSC(CC)[Si](OC)(OCC)OCCC. The van der Waals surface area contributed by atoms with Crippen molar-refractivity contribution in [1.29, 1.82) is 0 Å². The van der Waals surface area contributed by atoms with Gasteiger partial charge in [-0.3, -0.25) is 0 Å². The Balaban J connectivity index is 5.01. The van der Waals surface area contributed by atoms with E-state index in [0.717, 1.165) is 25.7 Å². The molecule has 12 heteroatoms. The van der Waals surface area contributed by atoms with Gasteiger partial charge in [-0.1, -0.05) is 49.3 Å². The van der Waals surface area contributed by atoms with Crippen LogP contribution in [0.4, 0.5) is 0 Å². The Labute approximate surface area is 202 Å². The lowest BCUT2D eigenvalue weighted by Crippen LogP contribution is -2.54. The summed E-state index contributed by atoms with van der Waals surface area (Å²) in [5.74, 6) is 0. The fourth-order valence-electron chi connectivity index (χ4n) is 2.73. The highest BCUT2D eigenvalue weighted by Crippen LogP contribution is 2.51. The largest absolute Gasteiger partial charge is 0.515 e. The molecular formula is C18H42O6S4Si2. The fraction of sp³-hybridized carbons (Fsp3) is 1.00. The van der Waals surface area contributed by atoms with Crippen LogP contribution in [0.25, 0.3) is 0 Å². The molecule has 0 rings (SSSR count). The summed E-state index contributed by atoms with van der Waals surface area (Å²) in [6, 6.07) is 0. The smallest absolute Gasteiger partial charge is 0.376 e. The average Bonchev–Trinajstić information content (AvgIpc) is 2.77. The van der Waals surface area contributed by atoms with E-state index >= 15 is 0 Å². The summed E-state index contributed by atoms with van der Waals surface area (Å²) in [4.78, 5) is 0.361. The molecule has 0 spiro atoms. The molecule has 0 saturated heterocycles. The van der Waals surface area contributed by atoms with Crippen molar-refractivity contribution >= 4 is 58.8 Å². The lowest BCUT2D eigenvalue weighted by atomic mass is 10.5. The van der Waals surface area contributed by atoms with E-state index < -0.39 is 17.6 Å². The number of rotatable bonds is 21. The molecule has 0 aliphatic carbocycles. The molecule has 0 aromatic carbocycles. The zero-order chi connectivity index (χ0) is 22.9. The van der Waals surface area contributed by atoms with E-state index in [2.05, 4.69) is 27.7 Å². The van der Waals surface area contributed by atoms with Gasteiger partial charge in [0.2, 0.25) is 0 Å². The summed E-state index contributed by atoms with van der Waals surface area (Å²) in [5, 5.41) is 0. The molecule has 0 bridgehead atoms. The maximum Gasteiger partial charge on any atom is 0.515 e. The van der Waals surface area contributed by atoms with Gasteiger partial charge in [0.25, 0.3) is 0 Å². The Morgan fingerprint density at radius 1 is 0.600 bits per heavy atom. The van der Waals surface area contributed by atoms with Gasteiger partial charge in [0.1, 0.15) is 0 Å². The second kappa shape index (κ2) is 19.0. The van der Waals surface area contributed by atoms with Crippen molar-refractivity contribution in [1.82, 2.24) is 0 Å². The van der Waals surface area contributed by atoms with Gasteiger partial charge in [-0.15, -0.1) is 0 Å². The van der Waals surface area contributed by atoms with Crippen LogP contribution in [0, 0.1) is 0 Å². The molecule has 182 valence electrons. The third-order valence-corrected chi connectivity index (χ3v) is 20.5. The van der Waals surface area contributed by atoms with Crippen LogP contribution in [0.15, 0.2) is 0 Å². The molecule has 0 saturated carbocycles. The van der Waals surface area contributed by atoms with Crippen molar-refractivity contribution in [3.05, 3.63) is 0 Å². The van der Waals surface area contributed by atoms with E-state index in [0.29, 0.717) is 26.4 Å². The highest BCUT2D eigenvalue weighted by Gasteiger charge is 2.50. The highest BCUT2D eigenvalue weighted by atomic mass is 33.7. The Kier molecular flexibility index (Phi) is 20.0. The zero-order valence-corrected chi connectivity index (χ0v) is 25.2. The zero-order valence-electron chi connectivity index (χ0n) is 19.9. The van der Waals surface area contributed by atoms with Crippen LogP contribution < -0.4 is 0 Å². The molecule has 0 N–H and O–H groups in total. The third kappa shape index (κ3) is 10.2. The van der Waals surface area contributed by atoms with E-state index in [1.54, 1.807) is 55.5 Å². The first-order valence-electron chi connectivity index (χ1n) is 10.8. The van der Waals surface area contributed by atoms with Crippen LogP contribution in [0.1, 0.15) is 67.2 Å². The Morgan fingerprint density at radius 3 is 1.20 bits per heavy atom. The minimum absolute atomic E-state index is 0.180. The molecule has 4 unspecified atom stereocenters. The molecule has 0 aliphatic heterocycles. The van der Waals surface area contributed by atoms with Gasteiger partial charge in [-0.05, 0) is 59.2 Å². The summed E-state index contributed by atoms with van der Waals surface area (Å²) >= 11 is 0. The van der Waals surface area contributed by atoms with E-state index in [1.807, 2.05) is 13.8 Å². The van der Waals surface area contributed by atoms with Crippen molar-refractivity contribution in [3.63, 3.8) is 0 Å². The van der Waals surface area contributed by atoms with Crippen LogP contribution in [-0.2, 0) is 26.6 Å². The van der Waals surface area contributed by atoms with Crippen LogP contribution in [0.5, 0.6) is 0 Å². The van der Waals surface area contributed by atoms with Crippen LogP contribution >= 0.6 is 41.2 Å². The van der Waals surface area contributed by atoms with Crippen molar-refractivity contribution in [2.45, 2.75) is 77.0 Å². The second-order valence-corrected chi connectivity index (χ2v) is 19.1. The van der Waals surface area contributed by atoms with Crippen molar-refractivity contribution in [2.24, 2.45) is 0 Å². The van der Waals surface area contributed by atoms with E-state index in [4.69, 9.17) is 26.6 Å². The van der Waals surface area contributed by atoms with Gasteiger partial charge < -0.3 is 26.6 Å². The minimum atomic E-state index is -2.73. The standard InChI is InChI=1S/C18H42O6S4Si2/c1-9-15-23-29(19-7,21-13-5)17(11-3)25-27-28-26-18(12-4)30(20-8,22-14-6)24-16-10-2/h17-18H,9-16H2,1-8H3. The fourth-order valence-corrected chi connectivity index (χ4v) is 20.1. The number of hydrogen-bond acceptors (Lipinski definition) is 10. The quantitative estimate of drug-likeness (QED) is 0.0932. The van der Waals surface area contributed by atoms with Gasteiger partial charge >= 0.3 is 17.6 Å². The summed E-state index contributed by atoms with van der Waals surface area (Å²) in [6.07, 6.45) is 3.75. The molecule has 0 fully saturated rings. The molecule has 6 nitrogen and oxygen atoms in total. The molecule has 0 heterocycles. The molecule has 0 aliphatic rings.